The summed E-state index contributed by atoms with van der Waals surface area (Å²) in [6.45, 7) is 3.86. The zero-order valence-electron chi connectivity index (χ0n) is 14.1. The van der Waals surface area contributed by atoms with E-state index in [-0.39, 0.29) is 12.0 Å². The van der Waals surface area contributed by atoms with E-state index < -0.39 is 12.0 Å². The van der Waals surface area contributed by atoms with Crippen LogP contribution in [0.4, 0.5) is 0 Å². The van der Waals surface area contributed by atoms with Crippen molar-refractivity contribution in [2.75, 3.05) is 0 Å². The fourth-order valence-corrected chi connectivity index (χ4v) is 2.56. The van der Waals surface area contributed by atoms with Gasteiger partial charge in [-0.25, -0.2) is 0 Å². The van der Waals surface area contributed by atoms with E-state index in [2.05, 4.69) is 10.9 Å². The Hall–Kier alpha value is -3.02. The number of hydrazine groups is 1. The van der Waals surface area contributed by atoms with Gasteiger partial charge in [0.1, 0.15) is 11.5 Å². The maximum absolute atomic E-state index is 12.2. The molecule has 25 heavy (non-hydrogen) atoms. The van der Waals surface area contributed by atoms with Crippen LogP contribution in [-0.2, 0) is 11.2 Å². The summed E-state index contributed by atoms with van der Waals surface area (Å²) in [5.41, 5.74) is 6.22. The predicted molar refractivity (Wildman–Crippen MR) is 92.4 cm³/mol. The third-order valence-corrected chi connectivity index (χ3v) is 3.73. The maximum Gasteiger partial charge on any atom is 0.279 e. The molecule has 0 radical (unpaired) electrons. The normalized spacial score (nSPS) is 15.2. The summed E-state index contributed by atoms with van der Waals surface area (Å²) >= 11 is 0. The first kappa shape index (κ1) is 16.8. The van der Waals surface area contributed by atoms with Gasteiger partial charge in [-0.1, -0.05) is 18.2 Å². The topological polar surface area (TPSA) is 76.7 Å². The minimum absolute atomic E-state index is 0.0644. The van der Waals surface area contributed by atoms with Crippen molar-refractivity contribution in [3.05, 3.63) is 59.7 Å². The Kier molecular flexibility index (Phi) is 4.88. The van der Waals surface area contributed by atoms with Crippen molar-refractivity contribution in [1.29, 1.82) is 0 Å². The van der Waals surface area contributed by atoms with Crippen LogP contribution in [0.15, 0.2) is 48.5 Å². The van der Waals surface area contributed by atoms with Gasteiger partial charge in [-0.05, 0) is 49.7 Å². The van der Waals surface area contributed by atoms with Crippen molar-refractivity contribution in [3.8, 4) is 11.5 Å². The smallest absolute Gasteiger partial charge is 0.279 e. The van der Waals surface area contributed by atoms with Crippen molar-refractivity contribution in [1.82, 2.24) is 10.9 Å². The van der Waals surface area contributed by atoms with Crippen LogP contribution in [0, 0.1) is 0 Å². The Morgan fingerprint density at radius 3 is 2.48 bits per heavy atom. The van der Waals surface area contributed by atoms with Crippen molar-refractivity contribution >= 4 is 11.8 Å². The highest BCUT2D eigenvalue weighted by Crippen LogP contribution is 2.27. The van der Waals surface area contributed by atoms with Crippen molar-refractivity contribution in [2.24, 2.45) is 0 Å². The fraction of sp³-hybridized carbons (Fsp3) is 0.263. The van der Waals surface area contributed by atoms with Crippen LogP contribution >= 0.6 is 0 Å². The third-order valence-electron chi connectivity index (χ3n) is 3.73. The molecule has 2 amide bonds. The monoisotopic (exact) mass is 340 g/mol. The number of para-hydroxylation sites is 1. The highest BCUT2D eigenvalue weighted by Gasteiger charge is 2.28. The molecule has 3 rings (SSSR count). The molecule has 6 heteroatoms. The zero-order valence-corrected chi connectivity index (χ0v) is 14.1. The van der Waals surface area contributed by atoms with Gasteiger partial charge in [-0.15, -0.1) is 0 Å². The number of amides is 2. The number of carbonyl (C=O) groups excluding carboxylic acids is 2. The number of ether oxygens (including phenoxy) is 2. The minimum atomic E-state index is -0.639. The maximum atomic E-state index is 12.2. The highest BCUT2D eigenvalue weighted by atomic mass is 16.5. The Bertz CT molecular complexity index is 746. The van der Waals surface area contributed by atoms with Crippen LogP contribution in [-0.4, -0.2) is 24.0 Å². The number of fused-ring (bicyclic) bond motifs is 1. The fourth-order valence-electron chi connectivity index (χ4n) is 2.56. The summed E-state index contributed by atoms with van der Waals surface area (Å²) in [7, 11) is 0. The number of carbonyl (C=O) groups is 2. The van der Waals surface area contributed by atoms with E-state index in [1.54, 1.807) is 24.3 Å². The van der Waals surface area contributed by atoms with E-state index in [0.717, 1.165) is 5.56 Å². The summed E-state index contributed by atoms with van der Waals surface area (Å²) in [6, 6.07) is 14.2. The molecule has 2 N–H and O–H groups in total. The molecule has 1 aliphatic rings. The summed E-state index contributed by atoms with van der Waals surface area (Å²) in [5, 5.41) is 0. The van der Waals surface area contributed by atoms with Gasteiger partial charge in [0.15, 0.2) is 6.10 Å². The molecule has 130 valence electrons. The van der Waals surface area contributed by atoms with E-state index in [1.807, 2.05) is 38.1 Å². The molecule has 2 aromatic carbocycles. The molecule has 2 aromatic rings. The summed E-state index contributed by atoms with van der Waals surface area (Å²) in [5.74, 6) is 0.603. The molecule has 0 aromatic heterocycles. The van der Waals surface area contributed by atoms with Gasteiger partial charge < -0.3 is 9.47 Å². The standard InChI is InChI=1S/C19H20N2O4/c1-12(2)24-15-9-7-13(8-10-15)18(22)20-21-19(23)17-11-14-5-3-4-6-16(14)25-17/h3-10,12,17H,11H2,1-2H3,(H,20,22)(H,21,23). The molecule has 1 atom stereocenters. The lowest BCUT2D eigenvalue weighted by atomic mass is 10.1. The average Bonchev–Trinajstić information content (AvgIpc) is 3.03. The Morgan fingerprint density at radius 1 is 1.08 bits per heavy atom. The summed E-state index contributed by atoms with van der Waals surface area (Å²) in [6.07, 6.45) is -0.0898. The number of hydrogen-bond donors (Lipinski definition) is 2. The predicted octanol–water partition coefficient (Wildman–Crippen LogP) is 2.24. The lowest BCUT2D eigenvalue weighted by Gasteiger charge is -2.13. The third kappa shape index (κ3) is 4.09. The van der Waals surface area contributed by atoms with Crippen LogP contribution in [0.5, 0.6) is 11.5 Å². The van der Waals surface area contributed by atoms with Crippen LogP contribution in [0.25, 0.3) is 0 Å². The molecule has 0 bridgehead atoms. The molecule has 0 saturated heterocycles. The minimum Gasteiger partial charge on any atom is -0.491 e. The first-order valence-corrected chi connectivity index (χ1v) is 8.14. The van der Waals surface area contributed by atoms with Gasteiger partial charge in [-0.2, -0.15) is 0 Å². The van der Waals surface area contributed by atoms with Gasteiger partial charge in [-0.3, -0.25) is 20.4 Å². The zero-order chi connectivity index (χ0) is 17.8. The van der Waals surface area contributed by atoms with Crippen molar-refractivity contribution in [3.63, 3.8) is 0 Å². The lowest BCUT2D eigenvalue weighted by molar-refractivity contribution is -0.128. The van der Waals surface area contributed by atoms with Gasteiger partial charge in [0, 0.05) is 12.0 Å². The first-order chi connectivity index (χ1) is 12.0. The molecule has 0 spiro atoms. The van der Waals surface area contributed by atoms with Crippen LogP contribution in [0.1, 0.15) is 29.8 Å². The molecular formula is C19H20N2O4. The van der Waals surface area contributed by atoms with Gasteiger partial charge in [0.2, 0.25) is 0 Å². The molecule has 1 aliphatic heterocycles. The number of hydrogen-bond acceptors (Lipinski definition) is 4. The lowest BCUT2D eigenvalue weighted by Crippen LogP contribution is -2.47. The molecule has 1 heterocycles. The highest BCUT2D eigenvalue weighted by molar-refractivity contribution is 5.96. The van der Waals surface area contributed by atoms with Gasteiger partial charge in [0.25, 0.3) is 11.8 Å². The van der Waals surface area contributed by atoms with Crippen LogP contribution in [0.3, 0.4) is 0 Å². The van der Waals surface area contributed by atoms with Crippen LogP contribution in [0.2, 0.25) is 0 Å². The quantitative estimate of drug-likeness (QED) is 0.837. The second-order valence-corrected chi connectivity index (χ2v) is 6.05. The molecule has 0 aliphatic carbocycles. The Labute approximate surface area is 146 Å². The average molecular weight is 340 g/mol. The van der Waals surface area contributed by atoms with E-state index in [1.165, 1.54) is 0 Å². The second kappa shape index (κ2) is 7.25. The van der Waals surface area contributed by atoms with Crippen molar-refractivity contribution in [2.45, 2.75) is 32.5 Å². The van der Waals surface area contributed by atoms with Gasteiger partial charge >= 0.3 is 0 Å². The van der Waals surface area contributed by atoms with E-state index in [0.29, 0.717) is 23.5 Å². The SMILES string of the molecule is CC(C)Oc1ccc(C(=O)NNC(=O)C2Cc3ccccc3O2)cc1. The molecule has 0 fully saturated rings. The summed E-state index contributed by atoms with van der Waals surface area (Å²) < 4.78 is 11.1. The Balaban J connectivity index is 1.51. The summed E-state index contributed by atoms with van der Waals surface area (Å²) in [4.78, 5) is 24.3. The number of benzene rings is 2. The van der Waals surface area contributed by atoms with Gasteiger partial charge in [0.05, 0.1) is 6.10 Å². The van der Waals surface area contributed by atoms with Crippen molar-refractivity contribution < 1.29 is 19.1 Å². The van der Waals surface area contributed by atoms with E-state index >= 15 is 0 Å². The molecule has 1 unspecified atom stereocenters. The Morgan fingerprint density at radius 2 is 1.80 bits per heavy atom. The molecule has 6 nitrogen and oxygen atoms in total. The van der Waals surface area contributed by atoms with Crippen LogP contribution < -0.4 is 20.3 Å². The number of rotatable bonds is 4. The number of nitrogens with one attached hydrogen (secondary N) is 2. The van der Waals surface area contributed by atoms with E-state index in [4.69, 9.17) is 9.47 Å². The first-order valence-electron chi connectivity index (χ1n) is 8.14. The second-order valence-electron chi connectivity index (χ2n) is 6.05. The molecule has 0 saturated carbocycles. The molecular weight excluding hydrogens is 320 g/mol. The largest absolute Gasteiger partial charge is 0.491 e. The van der Waals surface area contributed by atoms with E-state index in [9.17, 15) is 9.59 Å².